The molecule has 1 rings (SSSR count). The van der Waals surface area contributed by atoms with Gasteiger partial charge in [0.1, 0.15) is 11.4 Å². The zero-order valence-electron chi connectivity index (χ0n) is 8.14. The van der Waals surface area contributed by atoms with Gasteiger partial charge in [0, 0.05) is 9.13 Å². The fourth-order valence-electron chi connectivity index (χ4n) is 1.08. The maximum absolute atomic E-state index is 12.7. The van der Waals surface area contributed by atoms with Gasteiger partial charge in [0.25, 0.3) is 6.43 Å². The van der Waals surface area contributed by atoms with E-state index < -0.39 is 18.1 Å². The van der Waals surface area contributed by atoms with Crippen LogP contribution in [0.3, 0.4) is 0 Å². The predicted molar refractivity (Wildman–Crippen MR) is 62.8 cm³/mol. The maximum Gasteiger partial charge on any atom is 0.356 e. The number of carbonyl (C=O) groups excluding carboxylic acids is 1. The molecular weight excluding hydrogens is 354 g/mol. The lowest BCUT2D eigenvalue weighted by atomic mass is 10.2. The van der Waals surface area contributed by atoms with Gasteiger partial charge < -0.3 is 4.74 Å². The van der Waals surface area contributed by atoms with Crippen LogP contribution in [-0.2, 0) is 10.6 Å². The van der Waals surface area contributed by atoms with Crippen molar-refractivity contribution in [2.75, 3.05) is 7.11 Å². The van der Waals surface area contributed by atoms with Gasteiger partial charge in [-0.1, -0.05) is 0 Å². The Morgan fingerprint density at radius 3 is 2.75 bits per heavy atom. The van der Waals surface area contributed by atoms with Gasteiger partial charge in [-0.15, -0.1) is 11.6 Å². The smallest absolute Gasteiger partial charge is 0.356 e. The second kappa shape index (κ2) is 5.72. The molecule has 0 radical (unpaired) electrons. The first-order valence-electron chi connectivity index (χ1n) is 4.13. The number of ether oxygens (including phenoxy) is 1. The summed E-state index contributed by atoms with van der Waals surface area (Å²) in [4.78, 5) is 14.7. The number of rotatable bonds is 3. The Hall–Kier alpha value is -0.500. The zero-order valence-corrected chi connectivity index (χ0v) is 11.1. The highest BCUT2D eigenvalue weighted by Gasteiger charge is 2.21. The van der Waals surface area contributed by atoms with Crippen molar-refractivity contribution in [1.82, 2.24) is 4.98 Å². The summed E-state index contributed by atoms with van der Waals surface area (Å²) in [6, 6.07) is 1.37. The number of carbonyl (C=O) groups is 1. The van der Waals surface area contributed by atoms with Gasteiger partial charge in [-0.3, -0.25) is 0 Å². The molecule has 0 bridgehead atoms. The van der Waals surface area contributed by atoms with Gasteiger partial charge >= 0.3 is 5.97 Å². The minimum absolute atomic E-state index is 0.0770. The summed E-state index contributed by atoms with van der Waals surface area (Å²) in [6.07, 6.45) is -2.77. The van der Waals surface area contributed by atoms with E-state index in [0.717, 1.165) is 7.11 Å². The van der Waals surface area contributed by atoms with Gasteiger partial charge in [0.15, 0.2) is 0 Å². The van der Waals surface area contributed by atoms with Crippen LogP contribution in [0, 0.1) is 3.57 Å². The van der Waals surface area contributed by atoms with E-state index in [1.165, 1.54) is 6.07 Å². The number of esters is 1. The summed E-state index contributed by atoms with van der Waals surface area (Å²) < 4.78 is 30.2. The molecule has 1 heterocycles. The Morgan fingerprint density at radius 2 is 2.31 bits per heavy atom. The standard InChI is InChI=1S/C9H7ClF2INO2/c1-16-9(15)6-2-5(13)4(3-10)7(14-6)8(11)12/h2,8H,3H2,1H3. The van der Waals surface area contributed by atoms with Gasteiger partial charge in [0.2, 0.25) is 0 Å². The van der Waals surface area contributed by atoms with E-state index in [9.17, 15) is 13.6 Å². The Morgan fingerprint density at radius 1 is 1.69 bits per heavy atom. The van der Waals surface area contributed by atoms with Crippen molar-refractivity contribution in [2.45, 2.75) is 12.3 Å². The molecular formula is C9H7ClF2INO2. The van der Waals surface area contributed by atoms with Crippen LogP contribution in [0.4, 0.5) is 8.78 Å². The third-order valence-corrected chi connectivity index (χ3v) is 3.07. The molecule has 1 aromatic rings. The van der Waals surface area contributed by atoms with E-state index in [0.29, 0.717) is 3.57 Å². The minimum Gasteiger partial charge on any atom is -0.464 e. The SMILES string of the molecule is COC(=O)c1cc(I)c(CCl)c(C(F)F)n1. The second-order valence-corrected chi connectivity index (χ2v) is 4.21. The summed E-state index contributed by atoms with van der Waals surface area (Å²) in [6.45, 7) is 0. The minimum atomic E-state index is -2.77. The molecule has 0 spiro atoms. The molecule has 7 heteroatoms. The largest absolute Gasteiger partial charge is 0.464 e. The van der Waals surface area contributed by atoms with E-state index in [2.05, 4.69) is 9.72 Å². The van der Waals surface area contributed by atoms with Crippen molar-refractivity contribution in [3.8, 4) is 0 Å². The topological polar surface area (TPSA) is 39.2 Å². The number of aromatic nitrogens is 1. The first-order valence-corrected chi connectivity index (χ1v) is 5.74. The molecule has 3 nitrogen and oxygen atoms in total. The van der Waals surface area contributed by atoms with Crippen molar-refractivity contribution in [3.05, 3.63) is 26.6 Å². The quantitative estimate of drug-likeness (QED) is 0.472. The van der Waals surface area contributed by atoms with E-state index in [-0.39, 0.29) is 17.1 Å². The van der Waals surface area contributed by atoms with Crippen molar-refractivity contribution >= 4 is 40.2 Å². The fourth-order valence-corrected chi connectivity index (χ4v) is 2.35. The third kappa shape index (κ3) is 2.79. The number of hydrogen-bond acceptors (Lipinski definition) is 3. The molecule has 0 aromatic carbocycles. The summed E-state index contributed by atoms with van der Waals surface area (Å²) in [5.74, 6) is -0.826. The van der Waals surface area contributed by atoms with E-state index in [4.69, 9.17) is 11.6 Å². The maximum atomic E-state index is 12.7. The lowest BCUT2D eigenvalue weighted by Crippen LogP contribution is -2.10. The molecule has 88 valence electrons. The average Bonchev–Trinajstić information content (AvgIpc) is 2.26. The normalized spacial score (nSPS) is 10.6. The molecule has 16 heavy (non-hydrogen) atoms. The highest BCUT2D eigenvalue weighted by atomic mass is 127. The molecule has 0 unspecified atom stereocenters. The molecule has 0 saturated heterocycles. The van der Waals surface area contributed by atoms with E-state index in [1.807, 2.05) is 22.6 Å². The average molecular weight is 362 g/mol. The molecule has 0 N–H and O–H groups in total. The van der Waals surface area contributed by atoms with Crippen LogP contribution in [0.15, 0.2) is 6.07 Å². The van der Waals surface area contributed by atoms with Crippen LogP contribution in [-0.4, -0.2) is 18.1 Å². The number of methoxy groups -OCH3 is 1. The van der Waals surface area contributed by atoms with Gasteiger partial charge in [-0.05, 0) is 28.7 Å². The molecule has 0 amide bonds. The van der Waals surface area contributed by atoms with E-state index >= 15 is 0 Å². The Labute approximate surface area is 109 Å². The second-order valence-electron chi connectivity index (χ2n) is 2.78. The third-order valence-electron chi connectivity index (χ3n) is 1.84. The highest BCUT2D eigenvalue weighted by Crippen LogP contribution is 2.27. The summed E-state index contributed by atoms with van der Waals surface area (Å²) in [5, 5.41) is 0. The fraction of sp³-hybridized carbons (Fsp3) is 0.333. The van der Waals surface area contributed by atoms with Gasteiger partial charge in [-0.2, -0.15) is 0 Å². The van der Waals surface area contributed by atoms with Gasteiger partial charge in [0.05, 0.1) is 13.0 Å². The molecule has 0 aliphatic carbocycles. The Bertz CT molecular complexity index is 415. The number of pyridine rings is 1. The van der Waals surface area contributed by atoms with E-state index in [1.54, 1.807) is 0 Å². The number of alkyl halides is 3. The van der Waals surface area contributed by atoms with Crippen LogP contribution in [0.5, 0.6) is 0 Å². The highest BCUT2D eigenvalue weighted by molar-refractivity contribution is 14.1. The van der Waals surface area contributed by atoms with Crippen LogP contribution >= 0.6 is 34.2 Å². The monoisotopic (exact) mass is 361 g/mol. The van der Waals surface area contributed by atoms with Crippen LogP contribution in [0.1, 0.15) is 28.2 Å². The lowest BCUT2D eigenvalue weighted by molar-refractivity contribution is 0.0592. The summed E-state index contributed by atoms with van der Waals surface area (Å²) >= 11 is 7.38. The number of halogens is 4. The summed E-state index contributed by atoms with van der Waals surface area (Å²) in [5.41, 5.74) is -0.372. The van der Waals surface area contributed by atoms with Crippen molar-refractivity contribution in [1.29, 1.82) is 0 Å². The van der Waals surface area contributed by atoms with Crippen molar-refractivity contribution in [3.63, 3.8) is 0 Å². The molecule has 0 aliphatic rings. The lowest BCUT2D eigenvalue weighted by Gasteiger charge is -2.09. The first kappa shape index (κ1) is 13.6. The zero-order chi connectivity index (χ0) is 12.3. The molecule has 1 aromatic heterocycles. The van der Waals surface area contributed by atoms with Crippen molar-refractivity contribution in [2.24, 2.45) is 0 Å². The number of hydrogen-bond donors (Lipinski definition) is 0. The molecule has 0 fully saturated rings. The Balaban J connectivity index is 3.33. The molecule has 0 aliphatic heterocycles. The van der Waals surface area contributed by atoms with Crippen LogP contribution in [0.2, 0.25) is 0 Å². The first-order chi connectivity index (χ1) is 7.51. The van der Waals surface area contributed by atoms with Gasteiger partial charge in [-0.25, -0.2) is 18.6 Å². The van der Waals surface area contributed by atoms with Crippen LogP contribution in [0.25, 0.3) is 0 Å². The molecule has 0 saturated carbocycles. The summed E-state index contributed by atoms with van der Waals surface area (Å²) in [7, 11) is 1.16. The molecule has 0 atom stereocenters. The Kier molecular flexibility index (Phi) is 4.85. The van der Waals surface area contributed by atoms with Crippen LogP contribution < -0.4 is 0 Å². The number of nitrogens with zero attached hydrogens (tertiary/aromatic N) is 1. The van der Waals surface area contributed by atoms with Crippen molar-refractivity contribution < 1.29 is 18.3 Å². The predicted octanol–water partition coefficient (Wildman–Crippen LogP) is 3.15.